The second-order valence-electron chi connectivity index (χ2n) is 16.4. The van der Waals surface area contributed by atoms with E-state index in [1.165, 1.54) is 83.4 Å². The van der Waals surface area contributed by atoms with Crippen LogP contribution in [-0.2, 0) is 10.3 Å². The van der Waals surface area contributed by atoms with E-state index in [0.717, 1.165) is 76.0 Å². The van der Waals surface area contributed by atoms with Gasteiger partial charge >= 0.3 is 5.97 Å². The maximum absolute atomic E-state index is 14.0. The summed E-state index contributed by atoms with van der Waals surface area (Å²) in [5.41, 5.74) is 7.52. The van der Waals surface area contributed by atoms with Crippen molar-refractivity contribution in [3.63, 3.8) is 0 Å². The molecule has 2 aliphatic rings. The monoisotopic (exact) mass is 797 g/mol. The van der Waals surface area contributed by atoms with Crippen molar-refractivity contribution >= 4 is 28.5 Å². The van der Waals surface area contributed by atoms with Crippen molar-refractivity contribution in [1.82, 2.24) is 0 Å². The van der Waals surface area contributed by atoms with E-state index < -0.39 is 11.6 Å². The van der Waals surface area contributed by atoms with Crippen molar-refractivity contribution in [3.8, 4) is 33.8 Å². The quantitative estimate of drug-likeness (QED) is 0.0640. The summed E-state index contributed by atoms with van der Waals surface area (Å²) in [4.78, 5) is 16.4. The number of anilines is 1. The number of nitrogens with zero attached hydrogens (tertiary/aromatic N) is 1. The molecule has 2 heterocycles. The molecule has 8 rings (SSSR count). The van der Waals surface area contributed by atoms with Crippen molar-refractivity contribution in [1.29, 1.82) is 0 Å². The lowest BCUT2D eigenvalue weighted by Gasteiger charge is -2.37. The molecule has 2 aliphatic heterocycles. The molecule has 0 aliphatic carbocycles. The molecule has 60 heavy (non-hydrogen) atoms. The van der Waals surface area contributed by atoms with Crippen LogP contribution in [0.25, 0.3) is 39.1 Å². The average molecular weight is 798 g/mol. The van der Waals surface area contributed by atoms with Crippen LogP contribution in [0.2, 0.25) is 0 Å². The molecule has 0 bridgehead atoms. The van der Waals surface area contributed by atoms with Crippen molar-refractivity contribution in [2.24, 2.45) is 0 Å². The number of carbonyl (C=O) groups excluding carboxylic acids is 1. The Bertz CT molecular complexity index is 2360. The van der Waals surface area contributed by atoms with Crippen LogP contribution in [0.15, 0.2) is 133 Å². The van der Waals surface area contributed by atoms with E-state index in [1.807, 2.05) is 18.2 Å². The van der Waals surface area contributed by atoms with Gasteiger partial charge in [0, 0.05) is 46.4 Å². The van der Waals surface area contributed by atoms with Crippen LogP contribution in [0.1, 0.15) is 111 Å². The lowest BCUT2D eigenvalue weighted by Crippen LogP contribution is -2.35. The van der Waals surface area contributed by atoms with E-state index in [2.05, 4.69) is 133 Å². The molecule has 0 amide bonds. The maximum Gasteiger partial charge on any atom is 0.339 e. The van der Waals surface area contributed by atoms with Crippen LogP contribution < -0.4 is 14.4 Å². The van der Waals surface area contributed by atoms with Crippen molar-refractivity contribution in [3.05, 3.63) is 156 Å². The molecule has 6 aromatic rings. The van der Waals surface area contributed by atoms with Gasteiger partial charge in [-0.05, 0) is 77.8 Å². The molecule has 0 N–H and O–H groups in total. The van der Waals surface area contributed by atoms with Gasteiger partial charge in [0.15, 0.2) is 5.60 Å². The van der Waals surface area contributed by atoms with Gasteiger partial charge in [-0.3, -0.25) is 0 Å². The SMILES string of the molecule is CCCCCCCCCCCCOc1ccc(-c2ccc(-c3c(C(=O)OC)c4c(c5ccccc35)OC(c3ccccc3)(c3ccc(N5CCCC5)cc3)C=C4)cc2)cc1. The van der Waals surface area contributed by atoms with Crippen LogP contribution in [0, 0.1) is 0 Å². The zero-order valence-electron chi connectivity index (χ0n) is 35.5. The summed E-state index contributed by atoms with van der Waals surface area (Å²) in [6, 6.07) is 44.2. The van der Waals surface area contributed by atoms with E-state index in [0.29, 0.717) is 16.9 Å². The number of esters is 1. The smallest absolute Gasteiger partial charge is 0.339 e. The van der Waals surface area contributed by atoms with Crippen LogP contribution in [0.3, 0.4) is 0 Å². The normalized spacial score (nSPS) is 15.8. The average Bonchev–Trinajstić information content (AvgIpc) is 3.86. The number of hydrogen-bond acceptors (Lipinski definition) is 5. The second-order valence-corrected chi connectivity index (χ2v) is 16.4. The van der Waals surface area contributed by atoms with Gasteiger partial charge in [-0.25, -0.2) is 4.79 Å². The minimum absolute atomic E-state index is 0.403. The molecule has 1 atom stereocenters. The summed E-state index contributed by atoms with van der Waals surface area (Å²) in [5.74, 6) is 1.16. The third kappa shape index (κ3) is 8.87. The maximum atomic E-state index is 14.0. The first-order chi connectivity index (χ1) is 29.6. The summed E-state index contributed by atoms with van der Waals surface area (Å²) < 4.78 is 19.0. The fourth-order valence-corrected chi connectivity index (χ4v) is 9.12. The zero-order valence-corrected chi connectivity index (χ0v) is 35.5. The molecule has 1 unspecified atom stereocenters. The van der Waals surface area contributed by atoms with Crippen LogP contribution in [-0.4, -0.2) is 32.8 Å². The fraction of sp³-hybridized carbons (Fsp3) is 0.327. The van der Waals surface area contributed by atoms with Crippen molar-refractivity contribution in [2.75, 3.05) is 31.7 Å². The fourth-order valence-electron chi connectivity index (χ4n) is 9.12. The van der Waals surface area contributed by atoms with E-state index in [1.54, 1.807) is 0 Å². The largest absolute Gasteiger partial charge is 0.494 e. The molecule has 0 aromatic heterocycles. The Kier molecular flexibility index (Phi) is 13.3. The molecule has 5 heteroatoms. The first-order valence-corrected chi connectivity index (χ1v) is 22.4. The molecule has 5 nitrogen and oxygen atoms in total. The van der Waals surface area contributed by atoms with Crippen LogP contribution >= 0.6 is 0 Å². The standard InChI is InChI=1S/C55H59NO4/c1-3-4-5-6-7-8-9-10-11-19-40-59-47-34-28-42(29-35-47)41-24-26-43(27-25-41)51-48-22-15-16-23-49(48)53-50(52(51)54(57)58-2)36-37-55(60-53,44-20-13-12-14-21-44)45-30-32-46(33-31-45)56-38-17-18-39-56/h12-16,20-37H,3-11,17-19,38-40H2,1-2H3. The molecule has 0 spiro atoms. The summed E-state index contributed by atoms with van der Waals surface area (Å²) in [7, 11) is 1.45. The summed E-state index contributed by atoms with van der Waals surface area (Å²) >= 11 is 0. The van der Waals surface area contributed by atoms with Gasteiger partial charge in [-0.2, -0.15) is 0 Å². The number of fused-ring (bicyclic) bond motifs is 3. The highest BCUT2D eigenvalue weighted by molar-refractivity contribution is 6.14. The zero-order chi connectivity index (χ0) is 41.2. The van der Waals surface area contributed by atoms with Crippen molar-refractivity contribution in [2.45, 2.75) is 89.6 Å². The Morgan fingerprint density at radius 2 is 1.20 bits per heavy atom. The van der Waals surface area contributed by atoms with Crippen LogP contribution in [0.5, 0.6) is 11.5 Å². The highest BCUT2D eigenvalue weighted by Crippen LogP contribution is 2.50. The van der Waals surface area contributed by atoms with E-state index >= 15 is 0 Å². The third-order valence-corrected chi connectivity index (χ3v) is 12.4. The minimum atomic E-state index is -0.912. The van der Waals surface area contributed by atoms with Gasteiger partial charge in [0.05, 0.1) is 19.3 Å². The van der Waals surface area contributed by atoms with E-state index in [4.69, 9.17) is 14.2 Å². The summed E-state index contributed by atoms with van der Waals surface area (Å²) in [5, 5.41) is 1.86. The van der Waals surface area contributed by atoms with E-state index in [9.17, 15) is 4.79 Å². The minimum Gasteiger partial charge on any atom is -0.494 e. The Labute approximate surface area is 357 Å². The highest BCUT2D eigenvalue weighted by Gasteiger charge is 2.40. The lowest BCUT2D eigenvalue weighted by molar-refractivity contribution is 0.0600. The highest BCUT2D eigenvalue weighted by atomic mass is 16.5. The predicted molar refractivity (Wildman–Crippen MR) is 248 cm³/mol. The molecular formula is C55H59NO4. The lowest BCUT2D eigenvalue weighted by atomic mass is 9.81. The molecule has 308 valence electrons. The van der Waals surface area contributed by atoms with Gasteiger partial charge in [0.1, 0.15) is 11.5 Å². The number of unbranched alkanes of at least 4 members (excludes halogenated alkanes) is 9. The van der Waals surface area contributed by atoms with E-state index in [-0.39, 0.29) is 0 Å². The molecule has 1 saturated heterocycles. The van der Waals surface area contributed by atoms with Gasteiger partial charge in [-0.15, -0.1) is 0 Å². The predicted octanol–water partition coefficient (Wildman–Crippen LogP) is 14.2. The number of benzene rings is 6. The topological polar surface area (TPSA) is 48.0 Å². The van der Waals surface area contributed by atoms with Gasteiger partial charge in [0.2, 0.25) is 0 Å². The van der Waals surface area contributed by atoms with Gasteiger partial charge in [0.25, 0.3) is 0 Å². The van der Waals surface area contributed by atoms with Gasteiger partial charge < -0.3 is 19.1 Å². The number of carbonyl (C=O) groups is 1. The van der Waals surface area contributed by atoms with Crippen LogP contribution in [0.4, 0.5) is 5.69 Å². The van der Waals surface area contributed by atoms with Crippen molar-refractivity contribution < 1.29 is 19.0 Å². The molecular weight excluding hydrogens is 739 g/mol. The Morgan fingerprint density at radius 3 is 1.85 bits per heavy atom. The third-order valence-electron chi connectivity index (χ3n) is 12.4. The summed E-state index contributed by atoms with van der Waals surface area (Å²) in [6.45, 7) is 5.20. The summed E-state index contributed by atoms with van der Waals surface area (Å²) in [6.07, 6.45) is 19.8. The first-order valence-electron chi connectivity index (χ1n) is 22.4. The number of methoxy groups -OCH3 is 1. The molecule has 0 saturated carbocycles. The van der Waals surface area contributed by atoms with Gasteiger partial charge in [-0.1, -0.05) is 168 Å². The first kappa shape index (κ1) is 40.9. The Hall–Kier alpha value is -5.81. The number of ether oxygens (including phenoxy) is 3. The number of rotatable bonds is 18. The Balaban J connectivity index is 1.04. The second kappa shape index (κ2) is 19.5. The Morgan fingerprint density at radius 1 is 0.633 bits per heavy atom. The molecule has 1 fully saturated rings. The molecule has 0 radical (unpaired) electrons. The number of hydrogen-bond donors (Lipinski definition) is 0. The molecule has 6 aromatic carbocycles.